The molecule has 1 fully saturated rings. The van der Waals surface area contributed by atoms with Crippen molar-refractivity contribution in [2.24, 2.45) is 5.92 Å². The number of nitrogens with one attached hydrogen (secondary N) is 2. The number of carbonyl (C=O) groups is 2. The summed E-state index contributed by atoms with van der Waals surface area (Å²) in [4.78, 5) is 22.8. The van der Waals surface area contributed by atoms with E-state index in [-0.39, 0.29) is 5.92 Å². The number of hydrogen-bond acceptors (Lipinski definition) is 4. The van der Waals surface area contributed by atoms with Gasteiger partial charge in [-0.2, -0.15) is 0 Å². The second-order valence-corrected chi connectivity index (χ2v) is 5.57. The fraction of sp³-hybridized carbons (Fsp3) is 0.833. The zero-order valence-electron chi connectivity index (χ0n) is 11.2. The van der Waals surface area contributed by atoms with E-state index in [1.54, 1.807) is 20.8 Å². The molecule has 1 rings (SSSR count). The molecule has 0 bridgehead atoms. The van der Waals surface area contributed by atoms with Crippen LogP contribution < -0.4 is 10.6 Å². The van der Waals surface area contributed by atoms with Gasteiger partial charge in [0, 0.05) is 12.5 Å². The summed E-state index contributed by atoms with van der Waals surface area (Å²) in [6.07, 6.45) is 1.03. The topological polar surface area (TPSA) is 87.7 Å². The smallest absolute Gasteiger partial charge is 0.408 e. The maximum atomic E-state index is 11.6. The van der Waals surface area contributed by atoms with Crippen LogP contribution in [0, 0.1) is 5.92 Å². The van der Waals surface area contributed by atoms with Crippen LogP contribution >= 0.6 is 0 Å². The Morgan fingerprint density at radius 1 is 1.44 bits per heavy atom. The van der Waals surface area contributed by atoms with E-state index in [4.69, 9.17) is 4.74 Å². The number of piperidine rings is 1. The maximum Gasteiger partial charge on any atom is 0.408 e. The SMILES string of the molecule is CC(C)(C)OC(=O)NC(C(=O)O)C1CCCNC1. The van der Waals surface area contributed by atoms with E-state index in [0.29, 0.717) is 6.54 Å². The third-order valence-corrected chi connectivity index (χ3v) is 2.74. The van der Waals surface area contributed by atoms with Gasteiger partial charge >= 0.3 is 12.1 Å². The third-order valence-electron chi connectivity index (χ3n) is 2.74. The second-order valence-electron chi connectivity index (χ2n) is 5.57. The average molecular weight is 258 g/mol. The van der Waals surface area contributed by atoms with Crippen LogP contribution in [-0.4, -0.2) is 41.9 Å². The molecule has 0 spiro atoms. The molecule has 18 heavy (non-hydrogen) atoms. The molecule has 3 N–H and O–H groups in total. The summed E-state index contributed by atoms with van der Waals surface area (Å²) in [5.74, 6) is -1.11. The van der Waals surface area contributed by atoms with Crippen molar-refractivity contribution in [2.45, 2.75) is 45.3 Å². The van der Waals surface area contributed by atoms with Crippen LogP contribution in [0.2, 0.25) is 0 Å². The molecule has 6 nitrogen and oxygen atoms in total. The largest absolute Gasteiger partial charge is 0.480 e. The second kappa shape index (κ2) is 6.04. The third kappa shape index (κ3) is 4.91. The van der Waals surface area contributed by atoms with Crippen LogP contribution in [0.25, 0.3) is 0 Å². The van der Waals surface area contributed by atoms with Gasteiger partial charge in [0.2, 0.25) is 0 Å². The monoisotopic (exact) mass is 258 g/mol. The minimum Gasteiger partial charge on any atom is -0.480 e. The van der Waals surface area contributed by atoms with Gasteiger partial charge in [-0.15, -0.1) is 0 Å². The molecular weight excluding hydrogens is 236 g/mol. The van der Waals surface area contributed by atoms with Gasteiger partial charge in [-0.05, 0) is 40.2 Å². The number of aliphatic carboxylic acids is 1. The first kappa shape index (κ1) is 14.8. The lowest BCUT2D eigenvalue weighted by Gasteiger charge is -2.29. The van der Waals surface area contributed by atoms with Crippen LogP contribution in [-0.2, 0) is 9.53 Å². The summed E-state index contributed by atoms with van der Waals surface area (Å²) in [6.45, 7) is 6.72. The van der Waals surface area contributed by atoms with E-state index < -0.39 is 23.7 Å². The summed E-state index contributed by atoms with van der Waals surface area (Å²) in [5, 5.41) is 14.8. The Morgan fingerprint density at radius 3 is 2.56 bits per heavy atom. The predicted octanol–water partition coefficient (Wildman–Crippen LogP) is 0.964. The molecule has 1 aliphatic heterocycles. The molecule has 0 aromatic heterocycles. The normalized spacial score (nSPS) is 22.1. The number of carbonyl (C=O) groups excluding carboxylic acids is 1. The van der Waals surface area contributed by atoms with Crippen molar-refractivity contribution in [2.75, 3.05) is 13.1 Å². The number of ether oxygens (including phenoxy) is 1. The standard InChI is InChI=1S/C12H22N2O4/c1-12(2,3)18-11(17)14-9(10(15)16)8-5-4-6-13-7-8/h8-9,13H,4-7H2,1-3H3,(H,14,17)(H,15,16). The predicted molar refractivity (Wildman–Crippen MR) is 66.4 cm³/mol. The zero-order chi connectivity index (χ0) is 13.8. The van der Waals surface area contributed by atoms with Crippen LogP contribution in [0.1, 0.15) is 33.6 Å². The van der Waals surface area contributed by atoms with Gasteiger partial charge in [-0.3, -0.25) is 0 Å². The Labute approximate surface area is 107 Å². The van der Waals surface area contributed by atoms with Gasteiger partial charge < -0.3 is 20.5 Å². The molecule has 0 saturated carbocycles. The molecule has 1 heterocycles. The van der Waals surface area contributed by atoms with Gasteiger partial charge in [0.15, 0.2) is 0 Å². The van der Waals surface area contributed by atoms with E-state index >= 15 is 0 Å². The van der Waals surface area contributed by atoms with Crippen molar-refractivity contribution in [3.63, 3.8) is 0 Å². The van der Waals surface area contributed by atoms with Crippen molar-refractivity contribution in [3.05, 3.63) is 0 Å². The lowest BCUT2D eigenvalue weighted by Crippen LogP contribution is -2.51. The van der Waals surface area contributed by atoms with Gasteiger partial charge in [0.1, 0.15) is 11.6 Å². The number of hydrogen-bond donors (Lipinski definition) is 3. The molecular formula is C12H22N2O4. The van der Waals surface area contributed by atoms with Crippen molar-refractivity contribution >= 4 is 12.1 Å². The minimum absolute atomic E-state index is 0.0937. The molecule has 104 valence electrons. The highest BCUT2D eigenvalue weighted by Crippen LogP contribution is 2.16. The molecule has 1 amide bonds. The summed E-state index contributed by atoms with van der Waals surface area (Å²) in [7, 11) is 0. The van der Waals surface area contributed by atoms with Crippen LogP contribution in [0.4, 0.5) is 4.79 Å². The fourth-order valence-corrected chi connectivity index (χ4v) is 1.98. The van der Waals surface area contributed by atoms with E-state index in [9.17, 15) is 14.7 Å². The molecule has 0 radical (unpaired) electrons. The highest BCUT2D eigenvalue weighted by atomic mass is 16.6. The summed E-state index contributed by atoms with van der Waals surface area (Å²) in [5.41, 5.74) is -0.627. The lowest BCUT2D eigenvalue weighted by atomic mass is 9.92. The van der Waals surface area contributed by atoms with Gasteiger partial charge in [-0.1, -0.05) is 0 Å². The Morgan fingerprint density at radius 2 is 2.11 bits per heavy atom. The average Bonchev–Trinajstić information content (AvgIpc) is 2.24. The fourth-order valence-electron chi connectivity index (χ4n) is 1.98. The molecule has 2 unspecified atom stereocenters. The van der Waals surface area contributed by atoms with E-state index in [2.05, 4.69) is 10.6 Å². The van der Waals surface area contributed by atoms with E-state index in [1.807, 2.05) is 0 Å². The molecule has 2 atom stereocenters. The van der Waals surface area contributed by atoms with Crippen molar-refractivity contribution in [1.29, 1.82) is 0 Å². The van der Waals surface area contributed by atoms with E-state index in [1.165, 1.54) is 0 Å². The number of alkyl carbamates (subject to hydrolysis) is 1. The van der Waals surface area contributed by atoms with Crippen molar-refractivity contribution in [1.82, 2.24) is 10.6 Å². The number of carboxylic acid groups (broad SMARTS) is 1. The summed E-state index contributed by atoms with van der Waals surface area (Å²) < 4.78 is 5.08. The Balaban J connectivity index is 2.57. The molecule has 0 aromatic carbocycles. The zero-order valence-corrected chi connectivity index (χ0v) is 11.2. The first-order valence-corrected chi connectivity index (χ1v) is 6.22. The van der Waals surface area contributed by atoms with Crippen LogP contribution in [0.5, 0.6) is 0 Å². The molecule has 1 saturated heterocycles. The lowest BCUT2D eigenvalue weighted by molar-refractivity contribution is -0.141. The molecule has 0 aromatic rings. The summed E-state index contributed by atoms with van der Waals surface area (Å²) >= 11 is 0. The molecule has 6 heteroatoms. The van der Waals surface area contributed by atoms with Gasteiger partial charge in [0.25, 0.3) is 0 Å². The Bertz CT molecular complexity index is 306. The van der Waals surface area contributed by atoms with Gasteiger partial charge in [-0.25, -0.2) is 9.59 Å². The number of rotatable bonds is 3. The first-order valence-electron chi connectivity index (χ1n) is 6.22. The molecule has 0 aliphatic carbocycles. The highest BCUT2D eigenvalue weighted by Gasteiger charge is 2.32. The van der Waals surface area contributed by atoms with Crippen molar-refractivity contribution < 1.29 is 19.4 Å². The number of amides is 1. The maximum absolute atomic E-state index is 11.6. The first-order chi connectivity index (χ1) is 8.29. The van der Waals surface area contributed by atoms with Crippen molar-refractivity contribution in [3.8, 4) is 0 Å². The minimum atomic E-state index is -1.02. The Kier molecular flexibility index (Phi) is 4.95. The van der Waals surface area contributed by atoms with E-state index in [0.717, 1.165) is 19.4 Å². The molecule has 1 aliphatic rings. The quantitative estimate of drug-likeness (QED) is 0.702. The summed E-state index contributed by atoms with van der Waals surface area (Å²) in [6, 6.07) is -0.896. The van der Waals surface area contributed by atoms with Gasteiger partial charge in [0.05, 0.1) is 0 Å². The Hall–Kier alpha value is -1.30. The highest BCUT2D eigenvalue weighted by molar-refractivity contribution is 5.80. The number of carboxylic acids is 1. The van der Waals surface area contributed by atoms with Crippen LogP contribution in [0.3, 0.4) is 0 Å². The van der Waals surface area contributed by atoms with Crippen LogP contribution in [0.15, 0.2) is 0 Å².